The second-order valence-corrected chi connectivity index (χ2v) is 9.58. The molecule has 1 saturated carbocycles. The van der Waals surface area contributed by atoms with E-state index >= 15 is 0 Å². The number of hydrogen-bond donors (Lipinski definition) is 2. The first-order valence-electron chi connectivity index (χ1n) is 11.4. The summed E-state index contributed by atoms with van der Waals surface area (Å²) in [7, 11) is 0. The summed E-state index contributed by atoms with van der Waals surface area (Å²) >= 11 is 3.43. The van der Waals surface area contributed by atoms with Gasteiger partial charge in [0.15, 0.2) is 11.4 Å². The minimum Gasteiger partial charge on any atom is -0.392 e. The van der Waals surface area contributed by atoms with Gasteiger partial charge in [0.05, 0.1) is 19.3 Å². The monoisotopic (exact) mass is 508 g/mol. The number of Topliss-reactive ketones (excluding diaryl/α,β-unsaturated/α-hetero) is 1. The molecule has 0 heterocycles. The molecule has 3 aromatic carbocycles. The Hall–Kier alpha value is -2.31. The van der Waals surface area contributed by atoms with E-state index in [1.807, 2.05) is 42.5 Å². The van der Waals surface area contributed by atoms with Crippen molar-refractivity contribution in [1.82, 2.24) is 0 Å². The van der Waals surface area contributed by atoms with Crippen molar-refractivity contribution in [2.45, 2.75) is 50.6 Å². The number of hydrogen-bond acceptors (Lipinski definition) is 4. The molecule has 1 aliphatic carbocycles. The summed E-state index contributed by atoms with van der Waals surface area (Å²) in [6.45, 7) is 0.319. The third-order valence-electron chi connectivity index (χ3n) is 6.57. The van der Waals surface area contributed by atoms with Crippen LogP contribution < -0.4 is 0 Å². The number of rotatable bonds is 8. The van der Waals surface area contributed by atoms with Crippen LogP contribution in [0.5, 0.6) is 0 Å². The Bertz CT molecular complexity index is 1060. The van der Waals surface area contributed by atoms with Gasteiger partial charge in [0.25, 0.3) is 0 Å². The van der Waals surface area contributed by atoms with Crippen LogP contribution >= 0.6 is 15.9 Å². The van der Waals surface area contributed by atoms with Crippen LogP contribution in [0.3, 0.4) is 0 Å². The molecule has 1 aliphatic rings. The van der Waals surface area contributed by atoms with Crippen LogP contribution in [0, 0.1) is 5.92 Å². The number of benzene rings is 3. The lowest BCUT2D eigenvalue weighted by atomic mass is 9.72. The predicted octanol–water partition coefficient (Wildman–Crippen LogP) is 5.52. The van der Waals surface area contributed by atoms with Crippen molar-refractivity contribution < 1.29 is 19.7 Å². The first kappa shape index (κ1) is 23.8. The fraction of sp³-hybridized carbons (Fsp3) is 0.321. The molecule has 0 aromatic heterocycles. The topological polar surface area (TPSA) is 66.8 Å². The van der Waals surface area contributed by atoms with E-state index in [9.17, 15) is 15.0 Å². The van der Waals surface area contributed by atoms with Crippen molar-refractivity contribution in [2.24, 2.45) is 5.92 Å². The highest BCUT2D eigenvalue weighted by atomic mass is 79.9. The molecule has 3 aromatic rings. The summed E-state index contributed by atoms with van der Waals surface area (Å²) in [5, 5.41) is 21.9. The Balaban J connectivity index is 1.53. The summed E-state index contributed by atoms with van der Waals surface area (Å²) in [5.74, 6) is -0.491. The number of ketones is 1. The number of carbonyl (C=O) groups excluding carboxylic acids is 1. The molecular weight excluding hydrogens is 480 g/mol. The lowest BCUT2D eigenvalue weighted by molar-refractivity contribution is -0.141. The lowest BCUT2D eigenvalue weighted by Crippen LogP contribution is -2.43. The lowest BCUT2D eigenvalue weighted by Gasteiger charge is -2.36. The van der Waals surface area contributed by atoms with Crippen molar-refractivity contribution in [2.75, 3.05) is 0 Å². The van der Waals surface area contributed by atoms with E-state index in [4.69, 9.17) is 4.74 Å². The van der Waals surface area contributed by atoms with Gasteiger partial charge in [-0.15, -0.1) is 0 Å². The maximum absolute atomic E-state index is 13.9. The van der Waals surface area contributed by atoms with Crippen LogP contribution in [0.2, 0.25) is 0 Å². The zero-order valence-electron chi connectivity index (χ0n) is 18.5. The van der Waals surface area contributed by atoms with Gasteiger partial charge in [-0.2, -0.15) is 0 Å². The van der Waals surface area contributed by atoms with Crippen LogP contribution in [-0.2, 0) is 28.3 Å². The Morgan fingerprint density at radius 3 is 2.21 bits per heavy atom. The van der Waals surface area contributed by atoms with Gasteiger partial charge in [-0.05, 0) is 54.5 Å². The van der Waals surface area contributed by atoms with E-state index < -0.39 is 5.60 Å². The second kappa shape index (κ2) is 10.7. The minimum absolute atomic E-state index is 0.111. The van der Waals surface area contributed by atoms with E-state index in [0.29, 0.717) is 36.1 Å². The number of carbonyl (C=O) groups is 1. The highest BCUT2D eigenvalue weighted by Gasteiger charge is 2.45. The van der Waals surface area contributed by atoms with E-state index in [1.54, 1.807) is 36.4 Å². The standard InChI is InChI=1S/C28H29BrO4/c29-24-14-12-23(13-15-24)28(32,26-9-5-4-8-22(26)18-30)27(31)21-10-16-25(17-11-21)33-19-20-6-2-1-3-7-20/h1-9,12-15,21,25,30,32H,10-11,16-19H2. The van der Waals surface area contributed by atoms with Gasteiger partial charge >= 0.3 is 0 Å². The molecule has 1 unspecified atom stereocenters. The predicted molar refractivity (Wildman–Crippen MR) is 131 cm³/mol. The molecule has 0 saturated heterocycles. The number of halogens is 1. The highest BCUT2D eigenvalue weighted by Crippen LogP contribution is 2.39. The maximum Gasteiger partial charge on any atom is 0.176 e. The summed E-state index contributed by atoms with van der Waals surface area (Å²) in [6.07, 6.45) is 3.00. The van der Waals surface area contributed by atoms with Gasteiger partial charge < -0.3 is 14.9 Å². The molecule has 4 rings (SSSR count). The van der Waals surface area contributed by atoms with Crippen molar-refractivity contribution in [3.8, 4) is 0 Å². The molecule has 0 bridgehead atoms. The Morgan fingerprint density at radius 2 is 1.55 bits per heavy atom. The molecule has 4 nitrogen and oxygen atoms in total. The normalized spacial score (nSPS) is 20.2. The van der Waals surface area contributed by atoms with Gasteiger partial charge in [0.2, 0.25) is 0 Å². The van der Waals surface area contributed by atoms with Crippen LogP contribution in [0.25, 0.3) is 0 Å². The smallest absolute Gasteiger partial charge is 0.176 e. The zero-order chi connectivity index (χ0) is 23.3. The largest absolute Gasteiger partial charge is 0.392 e. The van der Waals surface area contributed by atoms with Crippen LogP contribution in [0.4, 0.5) is 0 Å². The van der Waals surface area contributed by atoms with Gasteiger partial charge in [0.1, 0.15) is 0 Å². The van der Waals surface area contributed by atoms with Gasteiger partial charge in [0, 0.05) is 16.0 Å². The molecule has 172 valence electrons. The van der Waals surface area contributed by atoms with Gasteiger partial charge in [-0.3, -0.25) is 4.79 Å². The fourth-order valence-corrected chi connectivity index (χ4v) is 4.97. The summed E-state index contributed by atoms with van der Waals surface area (Å²) in [4.78, 5) is 13.9. The molecule has 0 spiro atoms. The molecule has 1 atom stereocenters. The van der Waals surface area contributed by atoms with Crippen LogP contribution in [-0.4, -0.2) is 22.1 Å². The molecular formula is C28H29BrO4. The highest BCUT2D eigenvalue weighted by molar-refractivity contribution is 9.10. The van der Waals surface area contributed by atoms with E-state index in [2.05, 4.69) is 15.9 Å². The first-order valence-corrected chi connectivity index (χ1v) is 12.2. The number of ether oxygens (including phenoxy) is 1. The van der Waals surface area contributed by atoms with E-state index in [-0.39, 0.29) is 24.4 Å². The number of aliphatic hydroxyl groups is 2. The van der Waals surface area contributed by atoms with Gasteiger partial charge in [-0.25, -0.2) is 0 Å². The van der Waals surface area contributed by atoms with Crippen LogP contribution in [0.1, 0.15) is 47.9 Å². The first-order chi connectivity index (χ1) is 16.0. The molecule has 33 heavy (non-hydrogen) atoms. The average Bonchev–Trinajstić information content (AvgIpc) is 2.88. The molecule has 2 N–H and O–H groups in total. The third-order valence-corrected chi connectivity index (χ3v) is 7.10. The molecule has 0 radical (unpaired) electrons. The fourth-order valence-electron chi connectivity index (χ4n) is 4.71. The number of aliphatic hydroxyl groups excluding tert-OH is 1. The second-order valence-electron chi connectivity index (χ2n) is 8.67. The third kappa shape index (κ3) is 5.28. The van der Waals surface area contributed by atoms with E-state index in [1.165, 1.54) is 0 Å². The molecule has 5 heteroatoms. The Labute approximate surface area is 203 Å². The zero-order valence-corrected chi connectivity index (χ0v) is 20.1. The average molecular weight is 509 g/mol. The summed E-state index contributed by atoms with van der Waals surface area (Å²) in [6, 6.07) is 24.4. The Morgan fingerprint density at radius 1 is 0.909 bits per heavy atom. The molecule has 0 aliphatic heterocycles. The Kier molecular flexibility index (Phi) is 7.76. The maximum atomic E-state index is 13.9. The summed E-state index contributed by atoms with van der Waals surface area (Å²) < 4.78 is 6.96. The van der Waals surface area contributed by atoms with Gasteiger partial charge in [-0.1, -0.05) is 82.7 Å². The van der Waals surface area contributed by atoms with Crippen molar-refractivity contribution in [3.63, 3.8) is 0 Å². The quantitative estimate of drug-likeness (QED) is 0.420. The summed E-state index contributed by atoms with van der Waals surface area (Å²) in [5.41, 5.74) is 0.834. The van der Waals surface area contributed by atoms with Crippen LogP contribution in [0.15, 0.2) is 83.3 Å². The SMILES string of the molecule is O=C(C1CCC(OCc2ccccc2)CC1)C(O)(c1ccc(Br)cc1)c1ccccc1CO. The van der Waals surface area contributed by atoms with Crippen molar-refractivity contribution in [1.29, 1.82) is 0 Å². The van der Waals surface area contributed by atoms with Crippen molar-refractivity contribution >= 4 is 21.7 Å². The molecule has 0 amide bonds. The molecule has 1 fully saturated rings. The minimum atomic E-state index is -1.82. The van der Waals surface area contributed by atoms with E-state index in [0.717, 1.165) is 22.9 Å². The van der Waals surface area contributed by atoms with Crippen molar-refractivity contribution in [3.05, 3.63) is 106 Å².